The predicted octanol–water partition coefficient (Wildman–Crippen LogP) is 3.29. The molecule has 0 fully saturated rings. The van der Waals surface area contributed by atoms with Crippen LogP contribution >= 0.6 is 11.3 Å². The summed E-state index contributed by atoms with van der Waals surface area (Å²) < 4.78 is 0. The topological polar surface area (TPSA) is 12.4 Å². The molecule has 0 bridgehead atoms. The van der Waals surface area contributed by atoms with Crippen LogP contribution in [0.15, 0.2) is 23.4 Å². The van der Waals surface area contributed by atoms with Crippen molar-refractivity contribution in [3.63, 3.8) is 0 Å². The van der Waals surface area contributed by atoms with E-state index in [1.807, 2.05) is 13.1 Å². The van der Waals surface area contributed by atoms with Crippen molar-refractivity contribution in [1.29, 1.82) is 0 Å². The molecule has 13 heavy (non-hydrogen) atoms. The van der Waals surface area contributed by atoms with Gasteiger partial charge in [-0.3, -0.25) is 4.99 Å². The van der Waals surface area contributed by atoms with Crippen LogP contribution in [0.5, 0.6) is 0 Å². The van der Waals surface area contributed by atoms with Crippen LogP contribution in [0.3, 0.4) is 0 Å². The third-order valence-corrected chi connectivity index (χ3v) is 2.94. The second kappa shape index (κ2) is 4.22. The first-order chi connectivity index (χ1) is 6.19. The number of nitrogens with zero attached hydrogens (tertiary/aromatic N) is 1. The third-order valence-electron chi connectivity index (χ3n) is 1.76. The van der Waals surface area contributed by atoms with Gasteiger partial charge in [-0.05, 0) is 19.9 Å². The lowest BCUT2D eigenvalue weighted by atomic mass is 10.2. The van der Waals surface area contributed by atoms with Crippen molar-refractivity contribution in [1.82, 2.24) is 0 Å². The van der Waals surface area contributed by atoms with E-state index in [0.29, 0.717) is 0 Å². The van der Waals surface area contributed by atoms with Gasteiger partial charge in [0.2, 0.25) is 0 Å². The molecule has 1 heterocycles. The number of hydrogen-bond donors (Lipinski definition) is 0. The van der Waals surface area contributed by atoms with Gasteiger partial charge in [-0.1, -0.05) is 6.58 Å². The fourth-order valence-corrected chi connectivity index (χ4v) is 2.10. The molecule has 2 heteroatoms. The van der Waals surface area contributed by atoms with Gasteiger partial charge in [-0.15, -0.1) is 17.1 Å². The average molecular weight is 191 g/mol. The Bertz CT molecular complexity index is 379. The summed E-state index contributed by atoms with van der Waals surface area (Å²) in [6, 6.07) is 2.13. The lowest BCUT2D eigenvalue weighted by Gasteiger charge is -1.94. The van der Waals surface area contributed by atoms with E-state index >= 15 is 0 Å². The molecule has 0 aromatic carbocycles. The number of thiophene rings is 1. The summed E-state index contributed by atoms with van der Waals surface area (Å²) in [6.45, 7) is 7.76. The van der Waals surface area contributed by atoms with Crippen LogP contribution in [0, 0.1) is 6.92 Å². The van der Waals surface area contributed by atoms with Crippen LogP contribution in [0.4, 0.5) is 0 Å². The Labute approximate surface area is 83.1 Å². The lowest BCUT2D eigenvalue weighted by Crippen LogP contribution is -1.81. The van der Waals surface area contributed by atoms with Crippen molar-refractivity contribution < 1.29 is 0 Å². The Kier molecular flexibility index (Phi) is 3.24. The summed E-state index contributed by atoms with van der Waals surface area (Å²) >= 11 is 1.76. The smallest absolute Gasteiger partial charge is 0.0466 e. The Balaban J connectivity index is 3.27. The molecule has 1 rings (SSSR count). The van der Waals surface area contributed by atoms with Crippen LogP contribution in [0.1, 0.15) is 22.2 Å². The van der Waals surface area contributed by atoms with E-state index in [-0.39, 0.29) is 0 Å². The molecule has 0 unspecified atom stereocenters. The van der Waals surface area contributed by atoms with E-state index in [1.165, 1.54) is 15.3 Å². The quantitative estimate of drug-likeness (QED) is 0.502. The Morgan fingerprint density at radius 2 is 2.38 bits per heavy atom. The third kappa shape index (κ3) is 2.18. The van der Waals surface area contributed by atoms with Gasteiger partial charge in [-0.2, -0.15) is 0 Å². The second-order valence-corrected chi connectivity index (χ2v) is 4.09. The minimum absolute atomic E-state index is 1.09. The summed E-state index contributed by atoms with van der Waals surface area (Å²) in [7, 11) is 1.78. The van der Waals surface area contributed by atoms with Gasteiger partial charge in [0.1, 0.15) is 0 Å². The number of allylic oxidation sites excluding steroid dienone is 1. The molecule has 0 atom stereocenters. The van der Waals surface area contributed by atoms with Crippen molar-refractivity contribution in [3.8, 4) is 0 Å². The van der Waals surface area contributed by atoms with Crippen LogP contribution in [0.25, 0.3) is 5.57 Å². The molecule has 0 aliphatic rings. The Hall–Kier alpha value is -1.11. The number of aryl methyl sites for hydroxylation is 1. The summed E-state index contributed by atoms with van der Waals surface area (Å²) in [5, 5.41) is 0. The number of aliphatic imine (C=N–C) groups is 1. The summed E-state index contributed by atoms with van der Waals surface area (Å²) in [5.74, 6) is 0. The molecular formula is C11H13NS. The van der Waals surface area contributed by atoms with Crippen LogP contribution in [-0.2, 0) is 0 Å². The number of hydrogen-bond acceptors (Lipinski definition) is 2. The fraction of sp³-hybridized carbons (Fsp3) is 0.273. The van der Waals surface area contributed by atoms with Crippen molar-refractivity contribution in [2.24, 2.45) is 4.99 Å². The van der Waals surface area contributed by atoms with Crippen LogP contribution < -0.4 is 0 Å². The molecule has 0 saturated carbocycles. The molecule has 0 spiro atoms. The van der Waals surface area contributed by atoms with Crippen LogP contribution in [0.2, 0.25) is 0 Å². The Morgan fingerprint density at radius 3 is 2.92 bits per heavy atom. The van der Waals surface area contributed by atoms with Gasteiger partial charge in [-0.25, -0.2) is 0 Å². The maximum Gasteiger partial charge on any atom is 0.0466 e. The molecule has 0 saturated heterocycles. The summed E-state index contributed by atoms with van der Waals surface area (Å²) in [4.78, 5) is 6.53. The molecule has 68 valence electrons. The maximum atomic E-state index is 4.02. The Morgan fingerprint density at radius 1 is 1.69 bits per heavy atom. The molecule has 0 N–H and O–H groups in total. The van der Waals surface area contributed by atoms with E-state index < -0.39 is 0 Å². The molecular weight excluding hydrogens is 178 g/mol. The highest BCUT2D eigenvalue weighted by molar-refractivity contribution is 7.13. The lowest BCUT2D eigenvalue weighted by molar-refractivity contribution is 1.46. The zero-order chi connectivity index (χ0) is 9.84. The minimum Gasteiger partial charge on any atom is -0.296 e. The highest BCUT2D eigenvalue weighted by Gasteiger charge is 2.05. The van der Waals surface area contributed by atoms with Gasteiger partial charge in [0.15, 0.2) is 0 Å². The maximum absolute atomic E-state index is 4.02. The van der Waals surface area contributed by atoms with Gasteiger partial charge in [0, 0.05) is 34.2 Å². The zero-order valence-corrected chi connectivity index (χ0v) is 9.03. The normalized spacial score (nSPS) is 10.4. The first-order valence-electron chi connectivity index (χ1n) is 4.08. The fourth-order valence-electron chi connectivity index (χ4n) is 1.14. The SMILES string of the molecule is C=C=C(C)c1sc(C)cc1C=NC. The standard InChI is InChI=1S/C11H13NS/c1-5-8(2)11-10(7-12-4)6-9(3)13-11/h6-7H,1H2,2-4H3. The minimum atomic E-state index is 1.09. The van der Waals surface area contributed by atoms with E-state index in [1.54, 1.807) is 18.4 Å². The van der Waals surface area contributed by atoms with E-state index in [9.17, 15) is 0 Å². The highest BCUT2D eigenvalue weighted by Crippen LogP contribution is 2.26. The number of rotatable bonds is 2. The molecule has 0 radical (unpaired) electrons. The van der Waals surface area contributed by atoms with Crippen molar-refractivity contribution in [3.05, 3.63) is 33.7 Å². The molecule has 1 nitrogen and oxygen atoms in total. The molecule has 0 amide bonds. The van der Waals surface area contributed by atoms with Gasteiger partial charge >= 0.3 is 0 Å². The van der Waals surface area contributed by atoms with Gasteiger partial charge < -0.3 is 0 Å². The van der Waals surface area contributed by atoms with E-state index in [2.05, 4.69) is 30.3 Å². The van der Waals surface area contributed by atoms with Gasteiger partial charge in [0.05, 0.1) is 0 Å². The van der Waals surface area contributed by atoms with Crippen molar-refractivity contribution in [2.45, 2.75) is 13.8 Å². The van der Waals surface area contributed by atoms with E-state index in [0.717, 1.165) is 5.57 Å². The molecule has 1 aromatic rings. The van der Waals surface area contributed by atoms with Gasteiger partial charge in [0.25, 0.3) is 0 Å². The summed E-state index contributed by atoms with van der Waals surface area (Å²) in [6.07, 6.45) is 1.87. The first kappa shape index (κ1) is 9.97. The van der Waals surface area contributed by atoms with E-state index in [4.69, 9.17) is 0 Å². The first-order valence-corrected chi connectivity index (χ1v) is 4.90. The van der Waals surface area contributed by atoms with Crippen molar-refractivity contribution in [2.75, 3.05) is 7.05 Å². The summed E-state index contributed by atoms with van der Waals surface area (Å²) in [5.41, 5.74) is 5.16. The largest absolute Gasteiger partial charge is 0.296 e. The average Bonchev–Trinajstić information content (AvgIpc) is 2.46. The molecule has 1 aromatic heterocycles. The highest BCUT2D eigenvalue weighted by atomic mass is 32.1. The molecule has 0 aliphatic carbocycles. The molecule has 0 aliphatic heterocycles. The predicted molar refractivity (Wildman–Crippen MR) is 60.8 cm³/mol. The van der Waals surface area contributed by atoms with Crippen molar-refractivity contribution >= 4 is 23.1 Å². The second-order valence-electron chi connectivity index (χ2n) is 2.83. The van der Waals surface area contributed by atoms with Crippen LogP contribution in [-0.4, -0.2) is 13.3 Å². The monoisotopic (exact) mass is 191 g/mol. The zero-order valence-electron chi connectivity index (χ0n) is 8.22.